The fourth-order valence-electron chi connectivity index (χ4n) is 1.97. The maximum absolute atomic E-state index is 9.24. The Kier molecular flexibility index (Phi) is 17.0. The van der Waals surface area contributed by atoms with Gasteiger partial charge in [-0.05, 0) is 0 Å². The zero-order valence-electron chi connectivity index (χ0n) is 14.2. The minimum atomic E-state index is -0.905. The standard InChI is InChI=1S/C8H12O4.C5H10O4.C3H4O.ClH/c1-2-3-11-8-4-6(10)7(5-9)12-8;6-2-4-3(7)1-5(8)9-4;1-2-3-4;/h1,6-10H,3-5H2;3-8H,1-2H2;1,4H,3H2;1H/t6?,7-,8?;3?,4-,5?;;/m11../s1. The van der Waals surface area contributed by atoms with Gasteiger partial charge in [-0.15, -0.1) is 25.3 Å². The van der Waals surface area contributed by atoms with Gasteiger partial charge in [0, 0.05) is 12.8 Å². The Labute approximate surface area is 158 Å². The zero-order chi connectivity index (χ0) is 19.2. The minimum absolute atomic E-state index is 0. The van der Waals surface area contributed by atoms with E-state index in [4.69, 9.17) is 41.4 Å². The van der Waals surface area contributed by atoms with E-state index in [9.17, 15) is 5.11 Å². The summed E-state index contributed by atoms with van der Waals surface area (Å²) >= 11 is 0. The third kappa shape index (κ3) is 10.9. The molecular formula is C16H27ClO9. The molecule has 152 valence electrons. The number of halogens is 1. The van der Waals surface area contributed by atoms with Gasteiger partial charge in [0.2, 0.25) is 0 Å². The normalized spacial score (nSPS) is 32.0. The van der Waals surface area contributed by atoms with E-state index in [1.807, 2.05) is 5.92 Å². The van der Waals surface area contributed by atoms with Gasteiger partial charge in [0.15, 0.2) is 12.6 Å². The molecule has 0 amide bonds. The molecule has 6 atom stereocenters. The summed E-state index contributed by atoms with van der Waals surface area (Å²) in [4.78, 5) is 0. The summed E-state index contributed by atoms with van der Waals surface area (Å²) in [5.74, 6) is 4.28. The van der Waals surface area contributed by atoms with Crippen LogP contribution in [0.1, 0.15) is 12.8 Å². The number of aliphatic hydroxyl groups excluding tert-OH is 6. The summed E-state index contributed by atoms with van der Waals surface area (Å²) in [5, 5.41) is 51.7. The van der Waals surface area contributed by atoms with Crippen LogP contribution < -0.4 is 0 Å². The molecule has 26 heavy (non-hydrogen) atoms. The van der Waals surface area contributed by atoms with Crippen molar-refractivity contribution in [3.8, 4) is 24.7 Å². The number of hydrogen-bond donors (Lipinski definition) is 6. The first-order valence-corrected chi connectivity index (χ1v) is 7.59. The maximum atomic E-state index is 9.24. The van der Waals surface area contributed by atoms with E-state index >= 15 is 0 Å². The van der Waals surface area contributed by atoms with E-state index in [1.165, 1.54) is 0 Å². The molecule has 0 radical (unpaired) electrons. The second-order valence-corrected chi connectivity index (χ2v) is 5.08. The van der Waals surface area contributed by atoms with Gasteiger partial charge in [0.25, 0.3) is 0 Å². The SMILES string of the molecule is C#CCO.C#CCOC1CC(O)[C@@H](CO)O1.Cl.OC[C@H]1OC(O)CC1O. The molecule has 2 aliphatic heterocycles. The summed E-state index contributed by atoms with van der Waals surface area (Å²) in [5.41, 5.74) is 0. The van der Waals surface area contributed by atoms with Gasteiger partial charge >= 0.3 is 0 Å². The van der Waals surface area contributed by atoms with Crippen molar-refractivity contribution in [2.45, 2.75) is 49.8 Å². The topological polar surface area (TPSA) is 149 Å². The number of aliphatic hydroxyl groups is 6. The second kappa shape index (κ2) is 16.2. The number of rotatable bonds is 4. The molecule has 0 aromatic heterocycles. The van der Waals surface area contributed by atoms with Crippen LogP contribution in [0, 0.1) is 24.7 Å². The van der Waals surface area contributed by atoms with E-state index < -0.39 is 37.0 Å². The Morgan fingerprint density at radius 3 is 1.69 bits per heavy atom. The van der Waals surface area contributed by atoms with Crippen LogP contribution in [-0.4, -0.2) is 94.1 Å². The highest BCUT2D eigenvalue weighted by Gasteiger charge is 2.33. The van der Waals surface area contributed by atoms with Crippen LogP contribution in [0.3, 0.4) is 0 Å². The van der Waals surface area contributed by atoms with Crippen molar-refractivity contribution in [2.24, 2.45) is 0 Å². The molecule has 2 saturated heterocycles. The smallest absolute Gasteiger partial charge is 0.162 e. The third-order valence-corrected chi connectivity index (χ3v) is 3.20. The van der Waals surface area contributed by atoms with Crippen LogP contribution in [0.2, 0.25) is 0 Å². The van der Waals surface area contributed by atoms with Crippen molar-refractivity contribution in [1.82, 2.24) is 0 Å². The van der Waals surface area contributed by atoms with Crippen LogP contribution in [0.4, 0.5) is 0 Å². The lowest BCUT2D eigenvalue weighted by Gasteiger charge is -2.10. The molecule has 0 spiro atoms. The fraction of sp³-hybridized carbons (Fsp3) is 0.750. The Balaban J connectivity index is 0. The average Bonchev–Trinajstić information content (AvgIpc) is 3.14. The van der Waals surface area contributed by atoms with Gasteiger partial charge in [0.05, 0.1) is 25.4 Å². The number of hydrogen-bond acceptors (Lipinski definition) is 9. The molecule has 0 aromatic rings. The number of terminal acetylenes is 2. The van der Waals surface area contributed by atoms with Crippen molar-refractivity contribution >= 4 is 12.4 Å². The first-order valence-electron chi connectivity index (χ1n) is 7.59. The first-order chi connectivity index (χ1) is 11.9. The lowest BCUT2D eigenvalue weighted by Crippen LogP contribution is -2.24. The summed E-state index contributed by atoms with van der Waals surface area (Å²) in [6.45, 7) is -0.426. The van der Waals surface area contributed by atoms with Gasteiger partial charge in [-0.1, -0.05) is 11.8 Å². The third-order valence-electron chi connectivity index (χ3n) is 3.20. The van der Waals surface area contributed by atoms with Crippen LogP contribution in [-0.2, 0) is 14.2 Å². The molecule has 6 N–H and O–H groups in total. The highest BCUT2D eigenvalue weighted by Crippen LogP contribution is 2.20. The molecule has 2 aliphatic rings. The van der Waals surface area contributed by atoms with E-state index in [1.54, 1.807) is 0 Å². The van der Waals surface area contributed by atoms with Crippen LogP contribution in [0.25, 0.3) is 0 Å². The van der Waals surface area contributed by atoms with Gasteiger partial charge in [-0.3, -0.25) is 0 Å². The van der Waals surface area contributed by atoms with E-state index in [2.05, 4.69) is 17.1 Å². The monoisotopic (exact) mass is 398 g/mol. The predicted molar refractivity (Wildman–Crippen MR) is 92.9 cm³/mol. The molecule has 9 nitrogen and oxygen atoms in total. The van der Waals surface area contributed by atoms with Gasteiger partial charge in [0.1, 0.15) is 25.4 Å². The molecule has 2 fully saturated rings. The minimum Gasteiger partial charge on any atom is -0.394 e. The quantitative estimate of drug-likeness (QED) is 0.284. The summed E-state index contributed by atoms with van der Waals surface area (Å²) in [6.07, 6.45) is 6.17. The molecule has 2 heterocycles. The zero-order valence-corrected chi connectivity index (χ0v) is 15.0. The Hall–Kier alpha value is -0.950. The lowest BCUT2D eigenvalue weighted by atomic mass is 10.2. The molecule has 0 aliphatic carbocycles. The molecule has 0 saturated carbocycles. The fourth-order valence-corrected chi connectivity index (χ4v) is 1.97. The van der Waals surface area contributed by atoms with Gasteiger partial charge < -0.3 is 44.8 Å². The molecule has 0 aromatic carbocycles. The van der Waals surface area contributed by atoms with Crippen molar-refractivity contribution < 1.29 is 44.8 Å². The highest BCUT2D eigenvalue weighted by molar-refractivity contribution is 5.85. The first kappa shape index (κ1) is 27.3. The van der Waals surface area contributed by atoms with E-state index in [0.717, 1.165) is 0 Å². The van der Waals surface area contributed by atoms with E-state index in [-0.39, 0.29) is 45.3 Å². The highest BCUT2D eigenvalue weighted by atomic mass is 35.5. The van der Waals surface area contributed by atoms with Crippen molar-refractivity contribution in [3.63, 3.8) is 0 Å². The van der Waals surface area contributed by atoms with Crippen molar-refractivity contribution in [1.29, 1.82) is 0 Å². The molecule has 0 bridgehead atoms. The van der Waals surface area contributed by atoms with Crippen molar-refractivity contribution in [2.75, 3.05) is 26.4 Å². The van der Waals surface area contributed by atoms with Gasteiger partial charge in [-0.2, -0.15) is 0 Å². The maximum Gasteiger partial charge on any atom is 0.162 e. The predicted octanol–water partition coefficient (Wildman–Crippen LogP) is -2.41. The molecular weight excluding hydrogens is 372 g/mol. The lowest BCUT2D eigenvalue weighted by molar-refractivity contribution is -0.135. The second-order valence-electron chi connectivity index (χ2n) is 5.08. The van der Waals surface area contributed by atoms with Crippen LogP contribution in [0.5, 0.6) is 0 Å². The Morgan fingerprint density at radius 2 is 1.38 bits per heavy atom. The average molecular weight is 399 g/mol. The van der Waals surface area contributed by atoms with Gasteiger partial charge in [-0.25, -0.2) is 0 Å². The molecule has 2 rings (SSSR count). The Bertz CT molecular complexity index is 423. The molecule has 4 unspecified atom stereocenters. The van der Waals surface area contributed by atoms with Crippen LogP contribution >= 0.6 is 12.4 Å². The summed E-state index contributed by atoms with van der Waals surface area (Å²) in [6, 6.07) is 0. The van der Waals surface area contributed by atoms with Crippen molar-refractivity contribution in [3.05, 3.63) is 0 Å². The van der Waals surface area contributed by atoms with E-state index in [0.29, 0.717) is 6.42 Å². The number of ether oxygens (including phenoxy) is 3. The largest absolute Gasteiger partial charge is 0.394 e. The summed E-state index contributed by atoms with van der Waals surface area (Å²) in [7, 11) is 0. The summed E-state index contributed by atoms with van der Waals surface area (Å²) < 4.78 is 14.8. The van der Waals surface area contributed by atoms with Crippen LogP contribution in [0.15, 0.2) is 0 Å². The Morgan fingerprint density at radius 1 is 0.885 bits per heavy atom. The molecule has 10 heteroatoms.